The quantitative estimate of drug-likeness (QED) is 0.824. The second-order valence-electron chi connectivity index (χ2n) is 4.61. The molecule has 1 aromatic rings. The molecular weight excluding hydrogens is 323 g/mol. The molecule has 110 valence electrons. The summed E-state index contributed by atoms with van der Waals surface area (Å²) >= 11 is 18.8. The van der Waals surface area contributed by atoms with Gasteiger partial charge in [0.25, 0.3) is 0 Å². The van der Waals surface area contributed by atoms with Crippen LogP contribution in [0.15, 0.2) is 0 Å². The molecule has 2 rings (SSSR count). The summed E-state index contributed by atoms with van der Waals surface area (Å²) in [5, 5.41) is 7.21. The Balaban J connectivity index is 2.31. The van der Waals surface area contributed by atoms with Gasteiger partial charge in [0.05, 0.1) is 22.8 Å². The fourth-order valence-corrected chi connectivity index (χ4v) is 3.38. The van der Waals surface area contributed by atoms with Crippen LogP contribution < -0.4 is 15.4 Å². The predicted octanol–water partition coefficient (Wildman–Crippen LogP) is 3.69. The Hall–Kier alpha value is -0.840. The minimum atomic E-state index is -0.0472. The van der Waals surface area contributed by atoms with Crippen molar-refractivity contribution in [3.63, 3.8) is 0 Å². The Kier molecular flexibility index (Phi) is 4.89. The van der Waals surface area contributed by atoms with Gasteiger partial charge in [-0.1, -0.05) is 34.8 Å². The van der Waals surface area contributed by atoms with Crippen molar-refractivity contribution in [2.24, 2.45) is 0 Å². The smallest absolute Gasteiger partial charge is 0.216 e. The molecule has 2 N–H and O–H groups in total. The monoisotopic (exact) mass is 336 g/mol. The number of anilines is 1. The summed E-state index contributed by atoms with van der Waals surface area (Å²) < 4.78 is 5.23. The zero-order valence-electron chi connectivity index (χ0n) is 11.1. The average molecular weight is 338 g/mol. The van der Waals surface area contributed by atoms with Crippen molar-refractivity contribution in [3.8, 4) is 5.75 Å². The van der Waals surface area contributed by atoms with Crippen molar-refractivity contribution in [2.45, 2.75) is 19.3 Å². The molecule has 0 saturated heterocycles. The van der Waals surface area contributed by atoms with E-state index in [1.807, 2.05) is 0 Å². The Bertz CT molecular complexity index is 549. The molecule has 0 fully saturated rings. The Morgan fingerprint density at radius 1 is 1.35 bits per heavy atom. The second-order valence-corrected chi connectivity index (χ2v) is 5.75. The van der Waals surface area contributed by atoms with Gasteiger partial charge < -0.3 is 15.4 Å². The Morgan fingerprint density at radius 2 is 2.05 bits per heavy atom. The maximum atomic E-state index is 10.9. The number of hydrogen-bond donors (Lipinski definition) is 2. The molecule has 4 nitrogen and oxygen atoms in total. The number of benzene rings is 1. The molecule has 0 spiro atoms. The molecule has 0 radical (unpaired) electrons. The zero-order chi connectivity index (χ0) is 14.9. The first kappa shape index (κ1) is 15.5. The molecule has 20 heavy (non-hydrogen) atoms. The van der Waals surface area contributed by atoms with E-state index >= 15 is 0 Å². The van der Waals surface area contributed by atoms with Crippen LogP contribution in [-0.4, -0.2) is 26.1 Å². The number of hydrogen-bond acceptors (Lipinski definition) is 3. The van der Waals surface area contributed by atoms with Gasteiger partial charge in [0.1, 0.15) is 5.02 Å². The summed E-state index contributed by atoms with van der Waals surface area (Å²) in [5.74, 6) is 0.507. The van der Waals surface area contributed by atoms with E-state index in [1.165, 1.54) is 14.0 Å². The predicted molar refractivity (Wildman–Crippen MR) is 82.6 cm³/mol. The number of ether oxygens (including phenoxy) is 1. The van der Waals surface area contributed by atoms with Crippen LogP contribution in [0.3, 0.4) is 0 Å². The van der Waals surface area contributed by atoms with E-state index < -0.39 is 0 Å². The highest BCUT2D eigenvalue weighted by molar-refractivity contribution is 6.47. The van der Waals surface area contributed by atoms with Crippen LogP contribution >= 0.6 is 34.8 Å². The molecule has 7 heteroatoms. The van der Waals surface area contributed by atoms with Gasteiger partial charge in [-0.2, -0.15) is 0 Å². The van der Waals surface area contributed by atoms with E-state index in [1.54, 1.807) is 0 Å². The van der Waals surface area contributed by atoms with Crippen LogP contribution in [0.2, 0.25) is 15.1 Å². The van der Waals surface area contributed by atoms with E-state index in [9.17, 15) is 4.79 Å². The van der Waals surface area contributed by atoms with Gasteiger partial charge in [-0.25, -0.2) is 0 Å². The molecule has 1 atom stereocenters. The largest absolute Gasteiger partial charge is 0.494 e. The first-order valence-electron chi connectivity index (χ1n) is 6.20. The van der Waals surface area contributed by atoms with Crippen molar-refractivity contribution in [3.05, 3.63) is 20.6 Å². The number of nitrogens with one attached hydrogen (secondary N) is 2. The van der Waals surface area contributed by atoms with Crippen LogP contribution in [0.25, 0.3) is 0 Å². The lowest BCUT2D eigenvalue weighted by Crippen LogP contribution is -2.23. The van der Waals surface area contributed by atoms with Crippen molar-refractivity contribution < 1.29 is 9.53 Å². The molecule has 0 bridgehead atoms. The molecule has 0 saturated carbocycles. The number of fused-ring (bicyclic) bond motifs is 1. The molecule has 1 amide bonds. The summed E-state index contributed by atoms with van der Waals surface area (Å²) in [6.07, 6.45) is 0.764. The molecule has 1 aliphatic heterocycles. The number of carbonyl (C=O) groups is 1. The standard InChI is InChI=1S/C13H15Cl3N2O2/c1-6(19)17-4-3-7-5-18-12-8(7)9(14)13(20-2)11(16)10(12)15/h7,18H,3-5H2,1-2H3,(H,17,19). The van der Waals surface area contributed by atoms with E-state index in [-0.39, 0.29) is 11.8 Å². The highest BCUT2D eigenvalue weighted by atomic mass is 35.5. The molecule has 0 aliphatic carbocycles. The summed E-state index contributed by atoms with van der Waals surface area (Å²) in [7, 11) is 1.50. The van der Waals surface area contributed by atoms with Gasteiger partial charge in [0, 0.05) is 31.5 Å². The third kappa shape index (κ3) is 2.78. The van der Waals surface area contributed by atoms with Crippen LogP contribution in [-0.2, 0) is 4.79 Å². The van der Waals surface area contributed by atoms with Crippen molar-refractivity contribution in [1.82, 2.24) is 5.32 Å². The molecule has 1 aromatic carbocycles. The minimum Gasteiger partial charge on any atom is -0.494 e. The summed E-state index contributed by atoms with van der Waals surface area (Å²) in [5.41, 5.74) is 1.67. The summed E-state index contributed by atoms with van der Waals surface area (Å²) in [4.78, 5) is 10.9. The Labute approximate surface area is 132 Å². The fourth-order valence-electron chi connectivity index (χ4n) is 2.39. The normalized spacial score (nSPS) is 16.6. The van der Waals surface area contributed by atoms with Gasteiger partial charge >= 0.3 is 0 Å². The maximum absolute atomic E-state index is 10.9. The minimum absolute atomic E-state index is 0.0472. The molecule has 1 unspecified atom stereocenters. The Morgan fingerprint density at radius 3 is 2.65 bits per heavy atom. The van der Waals surface area contributed by atoms with Gasteiger partial charge in [0.15, 0.2) is 5.75 Å². The van der Waals surface area contributed by atoms with Gasteiger partial charge in [-0.05, 0) is 6.42 Å². The lowest BCUT2D eigenvalue weighted by atomic mass is 9.97. The van der Waals surface area contributed by atoms with E-state index in [4.69, 9.17) is 39.5 Å². The second kappa shape index (κ2) is 6.29. The summed E-state index contributed by atoms with van der Waals surface area (Å²) in [6, 6.07) is 0. The van der Waals surface area contributed by atoms with E-state index in [0.717, 1.165) is 17.7 Å². The molecule has 1 heterocycles. The highest BCUT2D eigenvalue weighted by Gasteiger charge is 2.31. The topological polar surface area (TPSA) is 50.4 Å². The molecular formula is C13H15Cl3N2O2. The molecule has 1 aliphatic rings. The van der Waals surface area contributed by atoms with Gasteiger partial charge in [0.2, 0.25) is 5.91 Å². The average Bonchev–Trinajstić information content (AvgIpc) is 2.81. The number of amides is 1. The molecule has 0 aromatic heterocycles. The number of carbonyl (C=O) groups excluding carboxylic acids is 1. The van der Waals surface area contributed by atoms with E-state index in [2.05, 4.69) is 10.6 Å². The van der Waals surface area contributed by atoms with Crippen molar-refractivity contribution in [2.75, 3.05) is 25.5 Å². The van der Waals surface area contributed by atoms with Gasteiger partial charge in [-0.15, -0.1) is 0 Å². The number of halogens is 3. The lowest BCUT2D eigenvalue weighted by molar-refractivity contribution is -0.118. The number of methoxy groups -OCH3 is 1. The fraction of sp³-hybridized carbons (Fsp3) is 0.462. The first-order chi connectivity index (χ1) is 9.47. The van der Waals surface area contributed by atoms with Crippen LogP contribution in [0.4, 0.5) is 5.69 Å². The summed E-state index contributed by atoms with van der Waals surface area (Å²) in [6.45, 7) is 2.78. The highest BCUT2D eigenvalue weighted by Crippen LogP contribution is 2.51. The van der Waals surface area contributed by atoms with Crippen LogP contribution in [0.1, 0.15) is 24.8 Å². The van der Waals surface area contributed by atoms with Gasteiger partial charge in [-0.3, -0.25) is 4.79 Å². The van der Waals surface area contributed by atoms with Crippen molar-refractivity contribution in [1.29, 1.82) is 0 Å². The third-order valence-corrected chi connectivity index (χ3v) is 4.53. The van der Waals surface area contributed by atoms with Crippen LogP contribution in [0.5, 0.6) is 5.75 Å². The van der Waals surface area contributed by atoms with Crippen molar-refractivity contribution >= 4 is 46.4 Å². The van der Waals surface area contributed by atoms with Crippen LogP contribution in [0, 0.1) is 0 Å². The zero-order valence-corrected chi connectivity index (χ0v) is 13.4. The first-order valence-corrected chi connectivity index (χ1v) is 7.33. The van der Waals surface area contributed by atoms with E-state index in [0.29, 0.717) is 33.9 Å². The lowest BCUT2D eigenvalue weighted by Gasteiger charge is -2.16. The SMILES string of the molecule is COc1c(Cl)c(Cl)c2c(c1Cl)C(CCNC(C)=O)CN2. The third-order valence-electron chi connectivity index (χ3n) is 3.32. The number of rotatable bonds is 4. The maximum Gasteiger partial charge on any atom is 0.216 e.